The maximum absolute atomic E-state index is 12.5. The third-order valence-electron chi connectivity index (χ3n) is 4.52. The Labute approximate surface area is 164 Å². The number of aromatic nitrogens is 2. The van der Waals surface area contributed by atoms with E-state index in [2.05, 4.69) is 23.8 Å². The quantitative estimate of drug-likeness (QED) is 0.669. The molecule has 1 amide bonds. The third kappa shape index (κ3) is 4.42. The number of amides is 1. The van der Waals surface area contributed by atoms with Crippen molar-refractivity contribution in [3.05, 3.63) is 58.4 Å². The average Bonchev–Trinajstić information content (AvgIpc) is 3.03. The Morgan fingerprint density at radius 1 is 1.30 bits per heavy atom. The Bertz CT molecular complexity index is 932. The fourth-order valence-electron chi connectivity index (χ4n) is 2.89. The molecule has 0 radical (unpaired) electrons. The lowest BCUT2D eigenvalue weighted by Gasteiger charge is -2.19. The van der Waals surface area contributed by atoms with E-state index in [1.54, 1.807) is 11.9 Å². The molecule has 0 aliphatic rings. The molecular weight excluding hydrogens is 362 g/mol. The van der Waals surface area contributed by atoms with Crippen LogP contribution in [0.2, 0.25) is 5.02 Å². The third-order valence-corrected chi connectivity index (χ3v) is 4.92. The molecule has 27 heavy (non-hydrogen) atoms. The number of benzene rings is 2. The van der Waals surface area contributed by atoms with E-state index in [0.717, 1.165) is 28.0 Å². The topological polar surface area (TPSA) is 58.2 Å². The molecule has 0 saturated carbocycles. The summed E-state index contributed by atoms with van der Waals surface area (Å²) in [5.41, 5.74) is 3.78. The molecular formula is C21H24ClN3O2. The molecule has 0 spiro atoms. The van der Waals surface area contributed by atoms with Crippen LogP contribution < -0.4 is 4.74 Å². The van der Waals surface area contributed by atoms with Gasteiger partial charge in [0, 0.05) is 12.1 Å². The van der Waals surface area contributed by atoms with Gasteiger partial charge in [-0.2, -0.15) is 0 Å². The fraction of sp³-hybridized carbons (Fsp3) is 0.333. The molecule has 1 aromatic heterocycles. The number of carbonyl (C=O) groups is 1. The number of carbonyl (C=O) groups excluding carboxylic acids is 1. The first-order valence-corrected chi connectivity index (χ1v) is 9.33. The minimum absolute atomic E-state index is 0.0302. The lowest BCUT2D eigenvalue weighted by molar-refractivity contribution is -0.132. The van der Waals surface area contributed by atoms with Crippen molar-refractivity contribution >= 4 is 28.5 Å². The first-order valence-electron chi connectivity index (χ1n) is 8.95. The number of para-hydroxylation sites is 2. The van der Waals surface area contributed by atoms with Crippen molar-refractivity contribution in [1.82, 2.24) is 14.9 Å². The fourth-order valence-corrected chi connectivity index (χ4v) is 3.06. The molecule has 3 rings (SSSR count). The zero-order chi connectivity index (χ0) is 19.6. The standard InChI is InChI=1S/C21H24ClN3O2/c1-13(2)15-10-16(22)14(3)9-19(15)27-12-21(26)25(4)11-20-23-17-7-5-6-8-18(17)24-20/h5-10,13H,11-12H2,1-4H3,(H,23,24). The SMILES string of the molecule is Cc1cc(OCC(=O)N(C)Cc2nc3ccccc3[nH]2)c(C(C)C)cc1Cl. The molecule has 0 fully saturated rings. The number of aryl methyl sites for hydroxylation is 1. The normalized spacial score (nSPS) is 11.2. The molecule has 0 atom stereocenters. The Morgan fingerprint density at radius 2 is 2.04 bits per heavy atom. The van der Waals surface area contributed by atoms with Crippen molar-refractivity contribution in [2.75, 3.05) is 13.7 Å². The minimum atomic E-state index is -0.113. The highest BCUT2D eigenvalue weighted by atomic mass is 35.5. The second-order valence-corrected chi connectivity index (χ2v) is 7.44. The van der Waals surface area contributed by atoms with Gasteiger partial charge in [-0.1, -0.05) is 37.6 Å². The Balaban J connectivity index is 1.66. The van der Waals surface area contributed by atoms with Gasteiger partial charge in [-0.15, -0.1) is 0 Å². The Kier molecular flexibility index (Phi) is 5.71. The number of halogens is 1. The van der Waals surface area contributed by atoms with Gasteiger partial charge in [-0.3, -0.25) is 4.79 Å². The van der Waals surface area contributed by atoms with Gasteiger partial charge in [0.2, 0.25) is 0 Å². The molecule has 0 saturated heterocycles. The van der Waals surface area contributed by atoms with Gasteiger partial charge < -0.3 is 14.6 Å². The predicted octanol–water partition coefficient (Wildman–Crippen LogP) is 4.69. The smallest absolute Gasteiger partial charge is 0.260 e. The van der Waals surface area contributed by atoms with Gasteiger partial charge in [0.1, 0.15) is 11.6 Å². The first kappa shape index (κ1) is 19.2. The van der Waals surface area contributed by atoms with Gasteiger partial charge in [0.05, 0.1) is 17.6 Å². The van der Waals surface area contributed by atoms with E-state index in [1.165, 1.54) is 0 Å². The molecule has 142 valence electrons. The minimum Gasteiger partial charge on any atom is -0.483 e. The maximum atomic E-state index is 12.5. The number of imidazole rings is 1. The van der Waals surface area contributed by atoms with Crippen LogP contribution >= 0.6 is 11.6 Å². The van der Waals surface area contributed by atoms with Crippen molar-refractivity contribution in [1.29, 1.82) is 0 Å². The van der Waals surface area contributed by atoms with Gasteiger partial charge in [-0.05, 0) is 48.2 Å². The van der Waals surface area contributed by atoms with E-state index in [1.807, 2.05) is 43.3 Å². The summed E-state index contributed by atoms with van der Waals surface area (Å²) in [6.07, 6.45) is 0. The monoisotopic (exact) mass is 385 g/mol. The molecule has 5 nitrogen and oxygen atoms in total. The van der Waals surface area contributed by atoms with Crippen LogP contribution in [0.4, 0.5) is 0 Å². The number of hydrogen-bond donors (Lipinski definition) is 1. The average molecular weight is 386 g/mol. The largest absolute Gasteiger partial charge is 0.483 e. The lowest BCUT2D eigenvalue weighted by Crippen LogP contribution is -2.31. The van der Waals surface area contributed by atoms with Gasteiger partial charge in [0.15, 0.2) is 6.61 Å². The van der Waals surface area contributed by atoms with Crippen LogP contribution in [-0.4, -0.2) is 34.4 Å². The molecule has 0 bridgehead atoms. The number of H-pyrrole nitrogens is 1. The van der Waals surface area contributed by atoms with Gasteiger partial charge in [-0.25, -0.2) is 4.98 Å². The summed E-state index contributed by atoms with van der Waals surface area (Å²) in [7, 11) is 1.75. The van der Waals surface area contributed by atoms with Crippen LogP contribution in [-0.2, 0) is 11.3 Å². The van der Waals surface area contributed by atoms with Crippen LogP contribution in [0.25, 0.3) is 11.0 Å². The van der Waals surface area contributed by atoms with E-state index in [4.69, 9.17) is 16.3 Å². The molecule has 6 heteroatoms. The first-order chi connectivity index (χ1) is 12.8. The van der Waals surface area contributed by atoms with Crippen LogP contribution in [0.3, 0.4) is 0 Å². The lowest BCUT2D eigenvalue weighted by atomic mass is 10.0. The highest BCUT2D eigenvalue weighted by Gasteiger charge is 2.16. The van der Waals surface area contributed by atoms with E-state index >= 15 is 0 Å². The zero-order valence-corrected chi connectivity index (χ0v) is 16.8. The Morgan fingerprint density at radius 3 is 2.74 bits per heavy atom. The van der Waals surface area contributed by atoms with Crippen LogP contribution in [0, 0.1) is 6.92 Å². The van der Waals surface area contributed by atoms with Crippen molar-refractivity contribution in [2.24, 2.45) is 0 Å². The number of nitrogens with one attached hydrogen (secondary N) is 1. The Hall–Kier alpha value is -2.53. The van der Waals surface area contributed by atoms with Crippen LogP contribution in [0.1, 0.15) is 36.7 Å². The number of hydrogen-bond acceptors (Lipinski definition) is 3. The predicted molar refractivity (Wildman–Crippen MR) is 108 cm³/mol. The number of ether oxygens (including phenoxy) is 1. The molecule has 1 heterocycles. The van der Waals surface area contributed by atoms with E-state index < -0.39 is 0 Å². The number of rotatable bonds is 6. The van der Waals surface area contributed by atoms with Gasteiger partial charge >= 0.3 is 0 Å². The molecule has 0 aliphatic heterocycles. The van der Waals surface area contributed by atoms with Gasteiger partial charge in [0.25, 0.3) is 5.91 Å². The summed E-state index contributed by atoms with van der Waals surface area (Å²) in [6.45, 7) is 6.44. The second-order valence-electron chi connectivity index (χ2n) is 7.03. The summed E-state index contributed by atoms with van der Waals surface area (Å²) in [6, 6.07) is 11.6. The molecule has 3 aromatic rings. The summed E-state index contributed by atoms with van der Waals surface area (Å²) < 4.78 is 5.83. The van der Waals surface area contributed by atoms with Crippen molar-refractivity contribution < 1.29 is 9.53 Å². The second kappa shape index (κ2) is 8.01. The molecule has 2 aromatic carbocycles. The summed E-state index contributed by atoms with van der Waals surface area (Å²) in [4.78, 5) is 21.8. The summed E-state index contributed by atoms with van der Waals surface area (Å²) >= 11 is 6.23. The molecule has 1 N–H and O–H groups in total. The summed E-state index contributed by atoms with van der Waals surface area (Å²) in [5, 5.41) is 0.708. The number of fused-ring (bicyclic) bond motifs is 1. The highest BCUT2D eigenvalue weighted by molar-refractivity contribution is 6.31. The summed E-state index contributed by atoms with van der Waals surface area (Å²) in [5.74, 6) is 1.59. The van der Waals surface area contributed by atoms with E-state index in [-0.39, 0.29) is 18.4 Å². The highest BCUT2D eigenvalue weighted by Crippen LogP contribution is 2.32. The molecule has 0 aliphatic carbocycles. The maximum Gasteiger partial charge on any atom is 0.260 e. The van der Waals surface area contributed by atoms with Crippen LogP contribution in [0.15, 0.2) is 36.4 Å². The number of aromatic amines is 1. The molecule has 0 unspecified atom stereocenters. The van der Waals surface area contributed by atoms with Crippen molar-refractivity contribution in [3.8, 4) is 5.75 Å². The van der Waals surface area contributed by atoms with Crippen molar-refractivity contribution in [2.45, 2.75) is 33.2 Å². The van der Waals surface area contributed by atoms with Crippen molar-refractivity contribution in [3.63, 3.8) is 0 Å². The number of nitrogens with zero attached hydrogens (tertiary/aromatic N) is 2. The number of likely N-dealkylation sites (N-methyl/N-ethyl adjacent to an activating group) is 1. The zero-order valence-electron chi connectivity index (χ0n) is 16.0. The van der Waals surface area contributed by atoms with Crippen LogP contribution in [0.5, 0.6) is 5.75 Å². The van der Waals surface area contributed by atoms with E-state index in [9.17, 15) is 4.79 Å². The van der Waals surface area contributed by atoms with E-state index in [0.29, 0.717) is 17.3 Å².